The molecule has 0 aromatic heterocycles. The minimum Gasteiger partial charge on any atom is -0.480 e. The number of carboxylic acids is 1. The second kappa shape index (κ2) is 3.29. The Morgan fingerprint density at radius 3 is 2.23 bits per heavy atom. The summed E-state index contributed by atoms with van der Waals surface area (Å²) in [5.74, 6) is -0.878. The van der Waals surface area contributed by atoms with Crippen molar-refractivity contribution in [3.8, 4) is 0 Å². The van der Waals surface area contributed by atoms with Crippen molar-refractivity contribution in [1.29, 1.82) is 0 Å². The molecule has 1 fully saturated rings. The molecular weight excluding hydrogens is 166 g/mol. The van der Waals surface area contributed by atoms with Crippen LogP contribution in [0.15, 0.2) is 0 Å². The molecule has 1 aliphatic rings. The third-order valence-corrected chi connectivity index (χ3v) is 3.66. The van der Waals surface area contributed by atoms with E-state index >= 15 is 0 Å². The molecule has 0 heterocycles. The van der Waals surface area contributed by atoms with Crippen molar-refractivity contribution < 1.29 is 9.90 Å². The van der Waals surface area contributed by atoms with Gasteiger partial charge < -0.3 is 10.8 Å². The Balaban J connectivity index is 2.82. The van der Waals surface area contributed by atoms with Crippen molar-refractivity contribution in [2.75, 3.05) is 0 Å². The van der Waals surface area contributed by atoms with E-state index in [1.165, 1.54) is 6.42 Å². The second-order valence-corrected chi connectivity index (χ2v) is 4.63. The molecule has 13 heavy (non-hydrogen) atoms. The Bertz CT molecular complexity index is 205. The zero-order valence-corrected chi connectivity index (χ0v) is 8.47. The van der Waals surface area contributed by atoms with Gasteiger partial charge in [0.25, 0.3) is 0 Å². The lowest BCUT2D eigenvalue weighted by atomic mass is 9.64. The molecule has 0 saturated heterocycles. The predicted molar refractivity (Wildman–Crippen MR) is 51.4 cm³/mol. The van der Waals surface area contributed by atoms with Gasteiger partial charge in [-0.2, -0.15) is 0 Å². The van der Waals surface area contributed by atoms with Crippen LogP contribution in [0.4, 0.5) is 0 Å². The molecule has 1 atom stereocenters. The van der Waals surface area contributed by atoms with Crippen LogP contribution in [0.1, 0.15) is 46.0 Å². The smallest absolute Gasteiger partial charge is 0.323 e. The Morgan fingerprint density at radius 1 is 1.38 bits per heavy atom. The van der Waals surface area contributed by atoms with Gasteiger partial charge >= 0.3 is 5.97 Å². The summed E-state index contributed by atoms with van der Waals surface area (Å²) in [7, 11) is 0. The average molecular weight is 185 g/mol. The molecule has 1 aliphatic carbocycles. The van der Waals surface area contributed by atoms with E-state index < -0.39 is 11.5 Å². The lowest BCUT2D eigenvalue weighted by molar-refractivity contribution is -0.148. The van der Waals surface area contributed by atoms with Crippen molar-refractivity contribution >= 4 is 5.97 Å². The van der Waals surface area contributed by atoms with Crippen molar-refractivity contribution in [2.45, 2.75) is 51.5 Å². The first-order valence-electron chi connectivity index (χ1n) is 4.92. The molecule has 0 aliphatic heterocycles. The van der Waals surface area contributed by atoms with Gasteiger partial charge in [0.15, 0.2) is 0 Å². The fourth-order valence-electron chi connectivity index (χ4n) is 2.11. The van der Waals surface area contributed by atoms with Gasteiger partial charge in [0.2, 0.25) is 0 Å². The van der Waals surface area contributed by atoms with Crippen molar-refractivity contribution in [1.82, 2.24) is 0 Å². The van der Waals surface area contributed by atoms with Crippen molar-refractivity contribution in [3.05, 3.63) is 0 Å². The number of rotatable bonds is 2. The molecule has 76 valence electrons. The van der Waals surface area contributed by atoms with Crippen LogP contribution in [0, 0.1) is 5.41 Å². The van der Waals surface area contributed by atoms with Crippen LogP contribution in [0.2, 0.25) is 0 Å². The first-order chi connectivity index (χ1) is 5.90. The van der Waals surface area contributed by atoms with Gasteiger partial charge in [-0.1, -0.05) is 26.2 Å². The zero-order chi connectivity index (χ0) is 10.1. The predicted octanol–water partition coefficient (Wildman–Crippen LogP) is 1.76. The molecule has 0 amide bonds. The van der Waals surface area contributed by atoms with Gasteiger partial charge in [-0.25, -0.2) is 0 Å². The largest absolute Gasteiger partial charge is 0.480 e. The number of carbonyl (C=O) groups is 1. The normalized spacial score (nSPS) is 26.4. The molecule has 0 aromatic rings. The van der Waals surface area contributed by atoms with Crippen LogP contribution in [-0.2, 0) is 4.79 Å². The van der Waals surface area contributed by atoms with Gasteiger partial charge in [-0.05, 0) is 25.2 Å². The Kier molecular flexibility index (Phi) is 2.66. The molecule has 1 rings (SSSR count). The Labute approximate surface area is 79.3 Å². The zero-order valence-electron chi connectivity index (χ0n) is 8.47. The second-order valence-electron chi connectivity index (χ2n) is 4.63. The first-order valence-corrected chi connectivity index (χ1v) is 4.92. The highest BCUT2D eigenvalue weighted by Gasteiger charge is 2.47. The highest BCUT2D eigenvalue weighted by molar-refractivity contribution is 5.79. The molecule has 3 heteroatoms. The maximum atomic E-state index is 11.0. The van der Waals surface area contributed by atoms with E-state index in [1.807, 2.05) is 6.92 Å². The summed E-state index contributed by atoms with van der Waals surface area (Å²) in [6, 6.07) is 0. The molecule has 3 nitrogen and oxygen atoms in total. The van der Waals surface area contributed by atoms with Crippen molar-refractivity contribution in [2.24, 2.45) is 11.1 Å². The number of carboxylic acid groups (broad SMARTS) is 1. The van der Waals surface area contributed by atoms with Crippen LogP contribution in [-0.4, -0.2) is 16.6 Å². The highest BCUT2D eigenvalue weighted by atomic mass is 16.4. The number of hydrogen-bond donors (Lipinski definition) is 2. The SMILES string of the molecule is CC1([C@@](C)(N)C(=O)O)CCCCC1. The van der Waals surface area contributed by atoms with E-state index in [4.69, 9.17) is 10.8 Å². The number of hydrogen-bond acceptors (Lipinski definition) is 2. The van der Waals surface area contributed by atoms with Gasteiger partial charge in [-0.15, -0.1) is 0 Å². The van der Waals surface area contributed by atoms with Gasteiger partial charge in [0, 0.05) is 0 Å². The average Bonchev–Trinajstić information content (AvgIpc) is 2.05. The maximum absolute atomic E-state index is 11.0. The lowest BCUT2D eigenvalue weighted by Crippen LogP contribution is -2.58. The standard InChI is InChI=1S/C10H19NO2/c1-9(6-4-3-5-7-9)10(2,11)8(12)13/h3-7,11H2,1-2H3,(H,12,13)/t10-/m0/s1. The molecule has 0 aromatic carbocycles. The fraction of sp³-hybridized carbons (Fsp3) is 0.900. The van der Waals surface area contributed by atoms with Gasteiger partial charge in [0.1, 0.15) is 5.54 Å². The minimum absolute atomic E-state index is 0.225. The third-order valence-electron chi connectivity index (χ3n) is 3.66. The van der Waals surface area contributed by atoms with Crippen LogP contribution >= 0.6 is 0 Å². The molecule has 1 saturated carbocycles. The van der Waals surface area contributed by atoms with Gasteiger partial charge in [-0.3, -0.25) is 4.79 Å². The molecule has 0 bridgehead atoms. The summed E-state index contributed by atoms with van der Waals surface area (Å²) in [5, 5.41) is 9.03. The summed E-state index contributed by atoms with van der Waals surface area (Å²) in [6.07, 6.45) is 5.30. The fourth-order valence-corrected chi connectivity index (χ4v) is 2.11. The molecule has 3 N–H and O–H groups in total. The summed E-state index contributed by atoms with van der Waals surface area (Å²) in [5.41, 5.74) is 4.57. The topological polar surface area (TPSA) is 63.3 Å². The monoisotopic (exact) mass is 185 g/mol. The van der Waals surface area contributed by atoms with Crippen LogP contribution in [0.3, 0.4) is 0 Å². The summed E-state index contributed by atoms with van der Waals surface area (Å²) < 4.78 is 0. The molecule has 0 spiro atoms. The lowest BCUT2D eigenvalue weighted by Gasteiger charge is -2.43. The minimum atomic E-state index is -1.08. The molecular formula is C10H19NO2. The van der Waals surface area contributed by atoms with Crippen LogP contribution in [0.5, 0.6) is 0 Å². The maximum Gasteiger partial charge on any atom is 0.323 e. The summed E-state index contributed by atoms with van der Waals surface area (Å²) in [6.45, 7) is 3.64. The third kappa shape index (κ3) is 1.70. The van der Waals surface area contributed by atoms with Crippen LogP contribution in [0.25, 0.3) is 0 Å². The highest BCUT2D eigenvalue weighted by Crippen LogP contribution is 2.43. The van der Waals surface area contributed by atoms with E-state index in [2.05, 4.69) is 0 Å². The van der Waals surface area contributed by atoms with E-state index in [0.717, 1.165) is 25.7 Å². The molecule has 0 radical (unpaired) electrons. The summed E-state index contributed by atoms with van der Waals surface area (Å²) >= 11 is 0. The number of aliphatic carboxylic acids is 1. The summed E-state index contributed by atoms with van der Waals surface area (Å²) in [4.78, 5) is 11.0. The quantitative estimate of drug-likeness (QED) is 0.689. The Morgan fingerprint density at radius 2 is 1.85 bits per heavy atom. The van der Waals surface area contributed by atoms with Crippen LogP contribution < -0.4 is 5.73 Å². The van der Waals surface area contributed by atoms with Crippen molar-refractivity contribution in [3.63, 3.8) is 0 Å². The molecule has 0 unspecified atom stereocenters. The van der Waals surface area contributed by atoms with Gasteiger partial charge in [0.05, 0.1) is 0 Å². The van der Waals surface area contributed by atoms with E-state index in [1.54, 1.807) is 6.92 Å². The van der Waals surface area contributed by atoms with E-state index in [-0.39, 0.29) is 5.41 Å². The van der Waals surface area contributed by atoms with E-state index in [0.29, 0.717) is 0 Å². The number of nitrogens with two attached hydrogens (primary N) is 1. The Hall–Kier alpha value is -0.570. The van der Waals surface area contributed by atoms with E-state index in [9.17, 15) is 4.79 Å². The first kappa shape index (κ1) is 10.5.